The van der Waals surface area contributed by atoms with Crippen LogP contribution in [0.1, 0.15) is 0 Å². The van der Waals surface area contributed by atoms with E-state index in [-0.39, 0.29) is 49.0 Å². The molecule has 0 aromatic carbocycles. The topological polar surface area (TPSA) is 100 Å². The van der Waals surface area contributed by atoms with Gasteiger partial charge in [-0.25, -0.2) is 4.79 Å². The average Bonchev–Trinajstić information content (AvgIpc) is 2.71. The number of urea groups is 1. The van der Waals surface area contributed by atoms with Crippen molar-refractivity contribution >= 4 is 41.9 Å². The lowest BCUT2D eigenvalue weighted by Gasteiger charge is -2.27. The molecule has 0 atom stereocenters. The molecular weight excluding hydrogens is 365 g/mol. The van der Waals surface area contributed by atoms with Crippen LogP contribution in [0.5, 0.6) is 0 Å². The summed E-state index contributed by atoms with van der Waals surface area (Å²) in [5.41, 5.74) is 5.82. The highest BCUT2D eigenvalue weighted by Crippen LogP contribution is 1.99. The van der Waals surface area contributed by atoms with E-state index in [1.165, 1.54) is 0 Å². The van der Waals surface area contributed by atoms with Gasteiger partial charge in [-0.15, -0.1) is 24.0 Å². The Morgan fingerprint density at radius 2 is 2.05 bits per heavy atom. The summed E-state index contributed by atoms with van der Waals surface area (Å²) in [6.07, 6.45) is 0. The number of guanidine groups is 1. The number of carbonyl (C=O) groups is 2. The number of hydrogen-bond donors (Lipinski definition) is 2. The summed E-state index contributed by atoms with van der Waals surface area (Å²) < 4.78 is 5.21. The Balaban J connectivity index is 0.00000180. The number of nitrogens with zero attached hydrogens (tertiary/aromatic N) is 3. The summed E-state index contributed by atoms with van der Waals surface area (Å²) in [6, 6.07) is -0.361. The van der Waals surface area contributed by atoms with Crippen LogP contribution in [0, 0.1) is 0 Å². The van der Waals surface area contributed by atoms with E-state index in [1.54, 1.807) is 0 Å². The van der Waals surface area contributed by atoms with Gasteiger partial charge in [0, 0.05) is 13.1 Å². The Morgan fingerprint density at radius 1 is 1.37 bits per heavy atom. The highest BCUT2D eigenvalue weighted by molar-refractivity contribution is 14.0. The second kappa shape index (κ2) is 7.48. The second-order valence-electron chi connectivity index (χ2n) is 4.04. The Hall–Kier alpha value is -1.10. The van der Waals surface area contributed by atoms with Crippen molar-refractivity contribution in [3.05, 3.63) is 0 Å². The molecule has 0 saturated carbocycles. The van der Waals surface area contributed by atoms with Crippen LogP contribution in [0.2, 0.25) is 0 Å². The zero-order valence-corrected chi connectivity index (χ0v) is 12.8. The van der Waals surface area contributed by atoms with Crippen molar-refractivity contribution < 1.29 is 14.3 Å². The van der Waals surface area contributed by atoms with Gasteiger partial charge in [0.2, 0.25) is 5.91 Å². The molecular formula is C10H18IN5O3. The molecule has 9 heteroatoms. The predicted molar refractivity (Wildman–Crippen MR) is 79.4 cm³/mol. The predicted octanol–water partition coefficient (Wildman–Crippen LogP) is -1.20. The molecule has 2 fully saturated rings. The fourth-order valence-corrected chi connectivity index (χ4v) is 1.84. The first-order valence-corrected chi connectivity index (χ1v) is 5.89. The summed E-state index contributed by atoms with van der Waals surface area (Å²) in [7, 11) is 0. The van der Waals surface area contributed by atoms with Gasteiger partial charge < -0.3 is 20.7 Å². The van der Waals surface area contributed by atoms with Crippen molar-refractivity contribution in [2.45, 2.75) is 0 Å². The molecule has 3 N–H and O–H groups in total. The van der Waals surface area contributed by atoms with Crippen molar-refractivity contribution in [3.8, 4) is 0 Å². The van der Waals surface area contributed by atoms with E-state index >= 15 is 0 Å². The highest BCUT2D eigenvalue weighted by atomic mass is 127. The van der Waals surface area contributed by atoms with Gasteiger partial charge in [0.05, 0.1) is 32.8 Å². The lowest BCUT2D eigenvalue weighted by Crippen LogP contribution is -2.45. The minimum atomic E-state index is -0.361. The van der Waals surface area contributed by atoms with E-state index in [9.17, 15) is 9.59 Å². The normalized spacial score (nSPS) is 20.3. The molecule has 0 unspecified atom stereocenters. The Morgan fingerprint density at radius 3 is 2.63 bits per heavy atom. The van der Waals surface area contributed by atoms with Gasteiger partial charge >= 0.3 is 6.03 Å². The van der Waals surface area contributed by atoms with Crippen molar-refractivity contribution in [3.63, 3.8) is 0 Å². The van der Waals surface area contributed by atoms with Crippen LogP contribution in [0.25, 0.3) is 0 Å². The molecule has 0 aromatic heterocycles. The van der Waals surface area contributed by atoms with Gasteiger partial charge in [0.15, 0.2) is 5.96 Å². The lowest BCUT2D eigenvalue weighted by atomic mass is 10.4. The number of imide groups is 1. The molecule has 2 saturated heterocycles. The number of nitrogens with two attached hydrogens (primary N) is 1. The first-order chi connectivity index (χ1) is 8.68. The van der Waals surface area contributed by atoms with Crippen LogP contribution in [0.3, 0.4) is 0 Å². The largest absolute Gasteiger partial charge is 0.378 e. The van der Waals surface area contributed by atoms with Crippen LogP contribution in [-0.2, 0) is 9.53 Å². The monoisotopic (exact) mass is 383 g/mol. The van der Waals surface area contributed by atoms with Gasteiger partial charge in [-0.1, -0.05) is 0 Å². The Bertz CT molecular complexity index is 354. The fourth-order valence-electron chi connectivity index (χ4n) is 1.84. The van der Waals surface area contributed by atoms with Gasteiger partial charge in [-0.3, -0.25) is 14.7 Å². The van der Waals surface area contributed by atoms with Gasteiger partial charge in [-0.2, -0.15) is 0 Å². The third kappa shape index (κ3) is 4.20. The fraction of sp³-hybridized carbons (Fsp3) is 0.700. The van der Waals surface area contributed by atoms with Crippen LogP contribution in [-0.4, -0.2) is 73.6 Å². The van der Waals surface area contributed by atoms with E-state index in [4.69, 9.17) is 10.5 Å². The number of halogens is 1. The maximum atomic E-state index is 11.3. The van der Waals surface area contributed by atoms with E-state index in [2.05, 4.69) is 10.3 Å². The number of carbonyl (C=O) groups excluding carboxylic acids is 2. The van der Waals surface area contributed by atoms with Gasteiger partial charge in [-0.05, 0) is 0 Å². The summed E-state index contributed by atoms with van der Waals surface area (Å²) in [6.45, 7) is 3.38. The highest BCUT2D eigenvalue weighted by Gasteiger charge is 2.27. The van der Waals surface area contributed by atoms with E-state index in [0.29, 0.717) is 25.7 Å². The van der Waals surface area contributed by atoms with Crippen molar-refractivity contribution in [2.24, 2.45) is 10.7 Å². The van der Waals surface area contributed by atoms with Gasteiger partial charge in [0.1, 0.15) is 0 Å². The lowest BCUT2D eigenvalue weighted by molar-refractivity contribution is -0.124. The molecule has 2 heterocycles. The van der Waals surface area contributed by atoms with E-state index < -0.39 is 0 Å². The Kier molecular flexibility index (Phi) is 6.28. The number of amides is 3. The van der Waals surface area contributed by atoms with E-state index in [1.807, 2.05) is 4.90 Å². The molecule has 3 amide bonds. The number of ether oxygens (including phenoxy) is 1. The standard InChI is InChI=1S/C10H17N5O3.HI/c11-9(14-3-5-18-6-4-14)12-1-2-15-8(16)7-13-10(15)17;/h1-7H2,(H2,11,12)(H,13,17);1H. The third-order valence-electron chi connectivity index (χ3n) is 2.87. The van der Waals surface area contributed by atoms with Crippen molar-refractivity contribution in [1.82, 2.24) is 15.1 Å². The minimum absolute atomic E-state index is 0. The van der Waals surface area contributed by atoms with E-state index in [0.717, 1.165) is 18.0 Å². The zero-order valence-electron chi connectivity index (χ0n) is 10.5. The van der Waals surface area contributed by atoms with Crippen molar-refractivity contribution in [1.29, 1.82) is 0 Å². The summed E-state index contributed by atoms with van der Waals surface area (Å²) in [5, 5.41) is 2.45. The zero-order chi connectivity index (χ0) is 13.0. The molecule has 2 aliphatic rings. The number of morpholine rings is 1. The van der Waals surface area contributed by atoms with Crippen LogP contribution < -0.4 is 11.1 Å². The number of hydrogen-bond acceptors (Lipinski definition) is 4. The molecule has 0 aliphatic carbocycles. The summed E-state index contributed by atoms with van der Waals surface area (Å²) in [5.74, 6) is 0.213. The molecule has 8 nitrogen and oxygen atoms in total. The van der Waals surface area contributed by atoms with Crippen LogP contribution in [0.4, 0.5) is 4.79 Å². The minimum Gasteiger partial charge on any atom is -0.378 e. The summed E-state index contributed by atoms with van der Waals surface area (Å²) in [4.78, 5) is 29.8. The van der Waals surface area contributed by atoms with Crippen LogP contribution >= 0.6 is 24.0 Å². The summed E-state index contributed by atoms with van der Waals surface area (Å²) >= 11 is 0. The molecule has 0 aromatic rings. The SMILES string of the molecule is I.NC(=NCCN1C(=O)CNC1=O)N1CCOCC1. The first-order valence-electron chi connectivity index (χ1n) is 5.89. The quantitative estimate of drug-likeness (QED) is 0.276. The van der Waals surface area contributed by atoms with Gasteiger partial charge in [0.25, 0.3) is 0 Å². The average molecular weight is 383 g/mol. The maximum absolute atomic E-state index is 11.3. The molecule has 0 radical (unpaired) electrons. The first kappa shape index (κ1) is 16.0. The molecule has 2 aliphatic heterocycles. The molecule has 0 spiro atoms. The number of aliphatic imine (C=N–C) groups is 1. The molecule has 2 rings (SSSR count). The third-order valence-corrected chi connectivity index (χ3v) is 2.87. The molecule has 108 valence electrons. The van der Waals surface area contributed by atoms with Crippen LogP contribution in [0.15, 0.2) is 4.99 Å². The second-order valence-corrected chi connectivity index (χ2v) is 4.04. The smallest absolute Gasteiger partial charge is 0.324 e. The Labute approximate surface area is 128 Å². The number of nitrogens with one attached hydrogen (secondary N) is 1. The molecule has 19 heavy (non-hydrogen) atoms. The maximum Gasteiger partial charge on any atom is 0.324 e. The van der Waals surface area contributed by atoms with Crippen molar-refractivity contribution in [2.75, 3.05) is 45.9 Å². The number of rotatable bonds is 3. The molecule has 0 bridgehead atoms.